The van der Waals surface area contributed by atoms with E-state index in [1.54, 1.807) is 42.5 Å². The standard InChI is InChI=1S/C46H48Cl2N8O10S2/c1-3-4-18-65-41-26-38(55-53-34-14-12-31(29-57)13-15-34)36(47)21-32(41)23-44-50-45(52-46(51-44)49-28-30-10-6-5-7-11-30)24-33-22-37(48)39(27-42(33)66-19-8-9-20-67(58,59)60)56-54-35-16-17-40(64-2)43(25-35)68(61,62)63/h5-7,10-17,21-22,25-27,57H,3-4,8-9,18-20,23-24,28-29H2,1-2H3,(H,58,59,60)(H,61,62,63)(H,49,50,51,52). The summed E-state index contributed by atoms with van der Waals surface area (Å²) in [6.45, 7) is 2.83. The minimum atomic E-state index is -4.66. The number of aromatic nitrogens is 3. The minimum Gasteiger partial charge on any atom is -0.495 e. The molecule has 0 radical (unpaired) electrons. The van der Waals surface area contributed by atoms with Gasteiger partial charge < -0.3 is 24.6 Å². The molecule has 0 bridgehead atoms. The number of aliphatic hydroxyl groups is 1. The van der Waals surface area contributed by atoms with Crippen molar-refractivity contribution in [2.75, 3.05) is 31.4 Å². The van der Waals surface area contributed by atoms with Crippen molar-refractivity contribution in [3.63, 3.8) is 0 Å². The summed E-state index contributed by atoms with van der Waals surface area (Å²) >= 11 is 13.6. The number of benzene rings is 5. The highest BCUT2D eigenvalue weighted by atomic mass is 35.5. The number of anilines is 1. The molecule has 0 aliphatic carbocycles. The van der Waals surface area contributed by atoms with E-state index in [2.05, 4.69) is 32.7 Å². The summed E-state index contributed by atoms with van der Waals surface area (Å²) in [6.07, 6.45) is 2.30. The van der Waals surface area contributed by atoms with Crippen LogP contribution in [0.3, 0.4) is 0 Å². The fourth-order valence-corrected chi connectivity index (χ4v) is 8.10. The highest BCUT2D eigenvalue weighted by molar-refractivity contribution is 7.86. The highest BCUT2D eigenvalue weighted by Gasteiger charge is 2.20. The Morgan fingerprint density at radius 3 is 1.76 bits per heavy atom. The molecule has 1 aromatic heterocycles. The Morgan fingerprint density at radius 1 is 0.647 bits per heavy atom. The van der Waals surface area contributed by atoms with Gasteiger partial charge in [0.25, 0.3) is 20.2 Å². The summed E-state index contributed by atoms with van der Waals surface area (Å²) in [6, 6.07) is 27.1. The van der Waals surface area contributed by atoms with Crippen LogP contribution >= 0.6 is 23.2 Å². The summed E-state index contributed by atoms with van der Waals surface area (Å²) in [7, 11) is -7.59. The largest absolute Gasteiger partial charge is 0.495 e. The third-order valence-corrected chi connectivity index (χ3v) is 12.2. The third kappa shape index (κ3) is 15.5. The number of azo groups is 2. The molecule has 5 aromatic carbocycles. The first kappa shape index (κ1) is 51.3. The molecule has 0 aliphatic rings. The average molecular weight is 1010 g/mol. The van der Waals surface area contributed by atoms with Crippen LogP contribution < -0.4 is 19.5 Å². The van der Waals surface area contributed by atoms with Gasteiger partial charge in [-0.2, -0.15) is 37.0 Å². The molecular formula is C46H48Cl2N8O10S2. The van der Waals surface area contributed by atoms with Crippen LogP contribution in [0.15, 0.2) is 122 Å². The number of unbranched alkanes of at least 4 members (excludes halogenated alkanes) is 2. The van der Waals surface area contributed by atoms with Crippen molar-refractivity contribution < 1.29 is 45.3 Å². The first-order valence-electron chi connectivity index (χ1n) is 21.2. The number of nitrogens with zero attached hydrogens (tertiary/aromatic N) is 7. The lowest BCUT2D eigenvalue weighted by atomic mass is 10.1. The molecule has 0 spiro atoms. The molecule has 6 aromatic rings. The number of hydrogen-bond donors (Lipinski definition) is 4. The van der Waals surface area contributed by atoms with Gasteiger partial charge >= 0.3 is 0 Å². The maximum atomic E-state index is 12.0. The molecule has 0 unspecified atom stereocenters. The van der Waals surface area contributed by atoms with Crippen LogP contribution in [0.25, 0.3) is 0 Å². The summed E-state index contributed by atoms with van der Waals surface area (Å²) in [5, 5.41) is 30.3. The Balaban J connectivity index is 1.36. The predicted octanol–water partition coefficient (Wildman–Crippen LogP) is 10.8. The minimum absolute atomic E-state index is 0.0381. The number of ether oxygens (including phenoxy) is 3. The van der Waals surface area contributed by atoms with Gasteiger partial charge in [0, 0.05) is 42.6 Å². The lowest BCUT2D eigenvalue weighted by Crippen LogP contribution is -2.12. The zero-order chi connectivity index (χ0) is 48.7. The van der Waals surface area contributed by atoms with Gasteiger partial charge in [0.1, 0.15) is 45.2 Å². The lowest BCUT2D eigenvalue weighted by molar-refractivity contribution is 0.282. The molecule has 0 fully saturated rings. The van der Waals surface area contributed by atoms with Gasteiger partial charge in [-0.3, -0.25) is 9.11 Å². The van der Waals surface area contributed by atoms with Gasteiger partial charge in [0.2, 0.25) is 5.95 Å². The van der Waals surface area contributed by atoms with Crippen molar-refractivity contribution in [3.8, 4) is 17.2 Å². The number of nitrogens with one attached hydrogen (secondary N) is 1. The first-order chi connectivity index (χ1) is 32.6. The zero-order valence-electron chi connectivity index (χ0n) is 36.9. The predicted molar refractivity (Wildman–Crippen MR) is 257 cm³/mol. The van der Waals surface area contributed by atoms with Gasteiger partial charge in [-0.25, -0.2) is 4.98 Å². The molecule has 22 heteroatoms. The van der Waals surface area contributed by atoms with E-state index in [0.717, 1.165) is 30.0 Å². The van der Waals surface area contributed by atoms with Crippen molar-refractivity contribution >= 4 is 72.1 Å². The number of methoxy groups -OCH3 is 1. The van der Waals surface area contributed by atoms with Crippen LogP contribution in [0.1, 0.15) is 66.5 Å². The molecular weight excluding hydrogens is 960 g/mol. The fraction of sp³-hybridized carbons (Fsp3) is 0.283. The van der Waals surface area contributed by atoms with Gasteiger partial charge in [0.05, 0.1) is 54.1 Å². The van der Waals surface area contributed by atoms with Crippen LogP contribution in [0, 0.1) is 0 Å². The van der Waals surface area contributed by atoms with Crippen LogP contribution in [-0.4, -0.2) is 72.1 Å². The summed E-state index contributed by atoms with van der Waals surface area (Å²) in [5.41, 5.74) is 4.05. The second kappa shape index (κ2) is 24.2. The van der Waals surface area contributed by atoms with E-state index < -0.39 is 30.9 Å². The fourth-order valence-electron chi connectivity index (χ4n) is 6.40. The van der Waals surface area contributed by atoms with Gasteiger partial charge in [-0.15, -0.1) is 10.2 Å². The maximum absolute atomic E-state index is 12.0. The van der Waals surface area contributed by atoms with Crippen LogP contribution in [-0.2, 0) is 46.2 Å². The van der Waals surface area contributed by atoms with E-state index in [1.165, 1.54) is 25.3 Å². The molecule has 358 valence electrons. The van der Waals surface area contributed by atoms with Crippen molar-refractivity contribution in [3.05, 3.63) is 141 Å². The zero-order valence-corrected chi connectivity index (χ0v) is 40.1. The molecule has 0 saturated heterocycles. The second-order valence-electron chi connectivity index (χ2n) is 15.1. The van der Waals surface area contributed by atoms with Crippen molar-refractivity contribution in [1.29, 1.82) is 0 Å². The molecule has 68 heavy (non-hydrogen) atoms. The molecule has 6 rings (SSSR count). The third-order valence-electron chi connectivity index (χ3n) is 9.88. The molecule has 0 amide bonds. The highest BCUT2D eigenvalue weighted by Crippen LogP contribution is 2.38. The monoisotopic (exact) mass is 1010 g/mol. The van der Waals surface area contributed by atoms with E-state index >= 15 is 0 Å². The molecule has 1 heterocycles. The molecule has 18 nitrogen and oxygen atoms in total. The Bertz CT molecular complexity index is 2970. The normalized spacial score (nSPS) is 11.9. The van der Waals surface area contributed by atoms with E-state index in [9.17, 15) is 31.0 Å². The SMILES string of the molecule is CCCCOc1cc(N=Nc2ccc(CO)cc2)c(Cl)cc1Cc1nc(Cc2cc(Cl)c(N=Nc3ccc(OC)c(S(=O)(=O)O)c3)cc2OCCCCS(=O)(=O)O)nc(NCc2ccccc2)n1. The quantitative estimate of drug-likeness (QED) is 0.0250. The lowest BCUT2D eigenvalue weighted by Gasteiger charge is -2.15. The molecule has 0 atom stereocenters. The van der Waals surface area contributed by atoms with E-state index in [0.29, 0.717) is 58.1 Å². The van der Waals surface area contributed by atoms with E-state index in [1.807, 2.05) is 30.3 Å². The number of aliphatic hydroxyl groups excluding tert-OH is 1. The Hall–Kier alpha value is -6.13. The smallest absolute Gasteiger partial charge is 0.298 e. The summed E-state index contributed by atoms with van der Waals surface area (Å²) in [5.74, 6) is 1.21. The number of halogens is 2. The van der Waals surface area contributed by atoms with Crippen molar-refractivity contribution in [2.24, 2.45) is 20.5 Å². The van der Waals surface area contributed by atoms with Gasteiger partial charge in [-0.05, 0) is 72.9 Å². The van der Waals surface area contributed by atoms with Crippen molar-refractivity contribution in [2.45, 2.75) is 63.5 Å². The van der Waals surface area contributed by atoms with E-state index in [-0.39, 0.29) is 72.7 Å². The topological polar surface area (TPSA) is 257 Å². The van der Waals surface area contributed by atoms with Crippen LogP contribution in [0.4, 0.5) is 28.7 Å². The maximum Gasteiger partial charge on any atom is 0.298 e. The average Bonchev–Trinajstić information content (AvgIpc) is 3.31. The number of rotatable bonds is 24. The van der Waals surface area contributed by atoms with Gasteiger partial charge in [-0.1, -0.05) is 79.0 Å². The Kier molecular flexibility index (Phi) is 18.3. The van der Waals surface area contributed by atoms with Crippen LogP contribution in [0.5, 0.6) is 17.2 Å². The Labute approximate surface area is 404 Å². The first-order valence-corrected chi connectivity index (χ1v) is 25.0. The second-order valence-corrected chi connectivity index (χ2v) is 18.9. The summed E-state index contributed by atoms with van der Waals surface area (Å²) in [4.78, 5) is 13.9. The van der Waals surface area contributed by atoms with Gasteiger partial charge in [0.15, 0.2) is 0 Å². The summed E-state index contributed by atoms with van der Waals surface area (Å²) < 4.78 is 83.2. The molecule has 0 aliphatic heterocycles. The van der Waals surface area contributed by atoms with Crippen LogP contribution in [0.2, 0.25) is 10.0 Å². The Morgan fingerprint density at radius 2 is 1.22 bits per heavy atom. The number of hydrogen-bond acceptors (Lipinski definition) is 16. The van der Waals surface area contributed by atoms with E-state index in [4.69, 9.17) is 52.4 Å². The molecule has 0 saturated carbocycles. The molecule has 4 N–H and O–H groups in total. The van der Waals surface area contributed by atoms with Crippen molar-refractivity contribution in [1.82, 2.24) is 15.0 Å².